The van der Waals surface area contributed by atoms with Crippen LogP contribution < -0.4 is 0 Å². The van der Waals surface area contributed by atoms with Gasteiger partial charge in [-0.2, -0.15) is 8.42 Å². The van der Waals surface area contributed by atoms with Crippen molar-refractivity contribution in [3.63, 3.8) is 0 Å². The van der Waals surface area contributed by atoms with E-state index in [9.17, 15) is 0 Å². The molecular formula is C22H48O14S. The summed E-state index contributed by atoms with van der Waals surface area (Å²) >= 11 is 0. The summed E-state index contributed by atoms with van der Waals surface area (Å²) in [5.74, 6) is 0.551. The number of aliphatic hydroxyl groups excluding tert-OH is 1. The molecule has 0 aliphatic rings. The van der Waals surface area contributed by atoms with Gasteiger partial charge in [0.25, 0.3) is 0 Å². The number of aliphatic hydroxyl groups is 1. The van der Waals surface area contributed by atoms with Crippen LogP contribution >= 0.6 is 0 Å². The molecule has 0 fully saturated rings. The zero-order chi connectivity index (χ0) is 27.9. The van der Waals surface area contributed by atoms with Gasteiger partial charge in [0.15, 0.2) is 0 Å². The highest BCUT2D eigenvalue weighted by Gasteiger charge is 1.96. The van der Waals surface area contributed by atoms with Crippen molar-refractivity contribution in [2.24, 2.45) is 5.92 Å². The zero-order valence-electron chi connectivity index (χ0n) is 22.3. The lowest BCUT2D eigenvalue weighted by molar-refractivity contribution is -0.0259. The van der Waals surface area contributed by atoms with Crippen molar-refractivity contribution in [2.75, 3.05) is 126 Å². The first-order valence-electron chi connectivity index (χ1n) is 12.3. The van der Waals surface area contributed by atoms with Crippen molar-refractivity contribution in [3.05, 3.63) is 0 Å². The van der Waals surface area contributed by atoms with E-state index in [0.29, 0.717) is 118 Å². The summed E-state index contributed by atoms with van der Waals surface area (Å²) in [5.41, 5.74) is 0. The van der Waals surface area contributed by atoms with Crippen molar-refractivity contribution in [1.29, 1.82) is 0 Å². The Morgan fingerprint density at radius 2 is 0.649 bits per heavy atom. The molecule has 3 N–H and O–H groups in total. The number of ether oxygens (including phenoxy) is 9. The quantitative estimate of drug-likeness (QED) is 0.0856. The van der Waals surface area contributed by atoms with Crippen molar-refractivity contribution in [2.45, 2.75) is 13.8 Å². The summed E-state index contributed by atoms with van der Waals surface area (Å²) in [5, 5.41) is 8.54. The molecule has 0 atom stereocenters. The molecule has 0 aromatic heterocycles. The van der Waals surface area contributed by atoms with Crippen LogP contribution in [0.1, 0.15) is 13.8 Å². The van der Waals surface area contributed by atoms with E-state index in [1.807, 2.05) is 0 Å². The highest BCUT2D eigenvalue weighted by atomic mass is 32.3. The van der Waals surface area contributed by atoms with Crippen LogP contribution in [-0.2, 0) is 53.0 Å². The molecule has 226 valence electrons. The topological polar surface area (TPSA) is 178 Å². The van der Waals surface area contributed by atoms with E-state index in [1.54, 1.807) is 0 Å². The maximum Gasteiger partial charge on any atom is 0.394 e. The predicted molar refractivity (Wildman–Crippen MR) is 133 cm³/mol. The molecule has 0 aromatic carbocycles. The molecule has 0 radical (unpaired) electrons. The van der Waals surface area contributed by atoms with Crippen LogP contribution in [0, 0.1) is 5.92 Å². The molecule has 0 bridgehead atoms. The van der Waals surface area contributed by atoms with Crippen LogP contribution in [0.4, 0.5) is 0 Å². The maximum atomic E-state index is 8.74. The SMILES string of the molecule is CC(C)COCCOCCOCCOCCOCCOCCOCCOCCOCCO.O=S(=O)(O)O. The lowest BCUT2D eigenvalue weighted by atomic mass is 10.2. The Labute approximate surface area is 221 Å². The molecule has 14 nitrogen and oxygen atoms in total. The highest BCUT2D eigenvalue weighted by Crippen LogP contribution is 1.92. The minimum absolute atomic E-state index is 0.0319. The van der Waals surface area contributed by atoms with E-state index in [1.165, 1.54) is 0 Å². The van der Waals surface area contributed by atoms with Gasteiger partial charge >= 0.3 is 10.4 Å². The first-order valence-corrected chi connectivity index (χ1v) is 13.7. The third kappa shape index (κ3) is 49.0. The average molecular weight is 569 g/mol. The normalized spacial score (nSPS) is 11.6. The van der Waals surface area contributed by atoms with Gasteiger partial charge in [0, 0.05) is 6.61 Å². The van der Waals surface area contributed by atoms with Gasteiger partial charge in [-0.05, 0) is 5.92 Å². The van der Waals surface area contributed by atoms with Crippen LogP contribution in [0.5, 0.6) is 0 Å². The molecule has 0 saturated heterocycles. The van der Waals surface area contributed by atoms with Crippen LogP contribution in [0.3, 0.4) is 0 Å². The van der Waals surface area contributed by atoms with E-state index >= 15 is 0 Å². The number of hydrogen-bond donors (Lipinski definition) is 3. The zero-order valence-corrected chi connectivity index (χ0v) is 23.1. The van der Waals surface area contributed by atoms with E-state index in [4.69, 9.17) is 65.3 Å². The Hall–Kier alpha value is -0.530. The molecule has 0 aliphatic carbocycles. The first-order chi connectivity index (χ1) is 17.8. The van der Waals surface area contributed by atoms with Gasteiger partial charge in [-0.15, -0.1) is 0 Å². The first kappa shape index (κ1) is 38.6. The fourth-order valence-corrected chi connectivity index (χ4v) is 2.14. The van der Waals surface area contributed by atoms with E-state index in [2.05, 4.69) is 13.8 Å². The van der Waals surface area contributed by atoms with Crippen LogP contribution in [-0.4, -0.2) is 148 Å². The van der Waals surface area contributed by atoms with Crippen molar-refractivity contribution >= 4 is 10.4 Å². The minimum atomic E-state index is -4.67. The lowest BCUT2D eigenvalue weighted by Crippen LogP contribution is -2.15. The predicted octanol–water partition coefficient (Wildman–Crippen LogP) is 0.131. The molecule has 0 spiro atoms. The summed E-state index contributed by atoms with van der Waals surface area (Å²) < 4.78 is 79.9. The second-order valence-electron chi connectivity index (χ2n) is 7.54. The molecule has 0 unspecified atom stereocenters. The molecular weight excluding hydrogens is 520 g/mol. The largest absolute Gasteiger partial charge is 0.394 e. The van der Waals surface area contributed by atoms with Crippen molar-refractivity contribution < 1.29 is 65.3 Å². The monoisotopic (exact) mass is 568 g/mol. The standard InChI is InChI=1S/C22H46O10.H2O4S/c1-22(2)21-32-20-19-31-18-17-30-16-15-29-14-13-28-12-11-27-10-9-26-8-7-25-6-5-24-4-3-23;1-5(2,3)4/h22-23H,3-21H2,1-2H3;(H2,1,2,3,4). The van der Waals surface area contributed by atoms with Gasteiger partial charge < -0.3 is 47.7 Å². The lowest BCUT2D eigenvalue weighted by Gasteiger charge is -2.09. The van der Waals surface area contributed by atoms with E-state index < -0.39 is 10.4 Å². The van der Waals surface area contributed by atoms with Gasteiger partial charge in [-0.1, -0.05) is 13.8 Å². The number of rotatable bonds is 28. The third-order valence-corrected chi connectivity index (χ3v) is 3.66. The molecule has 0 aromatic rings. The molecule has 0 rings (SSSR count). The second kappa shape index (κ2) is 31.7. The third-order valence-electron chi connectivity index (χ3n) is 3.66. The van der Waals surface area contributed by atoms with E-state index in [0.717, 1.165) is 6.61 Å². The van der Waals surface area contributed by atoms with Gasteiger partial charge in [0.05, 0.1) is 119 Å². The maximum absolute atomic E-state index is 8.74. The summed E-state index contributed by atoms with van der Waals surface area (Å²) in [6.45, 7) is 13.9. The molecule has 0 aliphatic heterocycles. The van der Waals surface area contributed by atoms with Gasteiger partial charge in [0.1, 0.15) is 0 Å². The molecule has 15 heteroatoms. The van der Waals surface area contributed by atoms with Gasteiger partial charge in [-0.25, -0.2) is 0 Å². The molecule has 37 heavy (non-hydrogen) atoms. The number of hydrogen-bond acceptors (Lipinski definition) is 12. The Balaban J connectivity index is 0. The Kier molecular flexibility index (Phi) is 33.1. The van der Waals surface area contributed by atoms with Crippen LogP contribution in [0.25, 0.3) is 0 Å². The minimum Gasteiger partial charge on any atom is -0.394 e. The summed E-state index contributed by atoms with van der Waals surface area (Å²) in [6.07, 6.45) is 0. The Morgan fingerprint density at radius 3 is 0.838 bits per heavy atom. The smallest absolute Gasteiger partial charge is 0.394 e. The highest BCUT2D eigenvalue weighted by molar-refractivity contribution is 7.79. The average Bonchev–Trinajstić information content (AvgIpc) is 2.82. The van der Waals surface area contributed by atoms with Crippen LogP contribution in [0.15, 0.2) is 0 Å². The molecule has 0 heterocycles. The summed E-state index contributed by atoms with van der Waals surface area (Å²) in [7, 11) is -4.67. The fraction of sp³-hybridized carbons (Fsp3) is 1.00. The second-order valence-corrected chi connectivity index (χ2v) is 8.43. The van der Waals surface area contributed by atoms with E-state index in [-0.39, 0.29) is 6.61 Å². The Morgan fingerprint density at radius 1 is 0.459 bits per heavy atom. The molecule has 0 amide bonds. The molecule has 0 saturated carbocycles. The van der Waals surface area contributed by atoms with Crippen LogP contribution in [0.2, 0.25) is 0 Å². The summed E-state index contributed by atoms with van der Waals surface area (Å²) in [6, 6.07) is 0. The van der Waals surface area contributed by atoms with Crippen molar-refractivity contribution in [1.82, 2.24) is 0 Å². The fourth-order valence-electron chi connectivity index (χ4n) is 2.14. The van der Waals surface area contributed by atoms with Gasteiger partial charge in [0.2, 0.25) is 0 Å². The van der Waals surface area contributed by atoms with Crippen molar-refractivity contribution in [3.8, 4) is 0 Å². The summed E-state index contributed by atoms with van der Waals surface area (Å²) in [4.78, 5) is 0. The van der Waals surface area contributed by atoms with Gasteiger partial charge in [-0.3, -0.25) is 9.11 Å². The Bertz CT molecular complexity index is 514.